The molecule has 7 heteroatoms. The van der Waals surface area contributed by atoms with Crippen LogP contribution in [0.1, 0.15) is 18.4 Å². The van der Waals surface area contributed by atoms with Crippen molar-refractivity contribution in [2.24, 2.45) is 5.92 Å². The molecule has 0 aliphatic carbocycles. The van der Waals surface area contributed by atoms with E-state index in [1.54, 1.807) is 24.3 Å². The molecule has 2 aromatic carbocycles. The number of nitrogens with zero attached hydrogens (tertiary/aromatic N) is 2. The average molecular weight is 387 g/mol. The SMILES string of the molecule is O=C(NCc1ccccc1F)C1CCCN(c2nc3ccc(F)cc3s2)C1. The van der Waals surface area contributed by atoms with Gasteiger partial charge in [0.1, 0.15) is 11.6 Å². The number of fused-ring (bicyclic) bond motifs is 1. The zero-order valence-electron chi connectivity index (χ0n) is 14.6. The van der Waals surface area contributed by atoms with E-state index < -0.39 is 0 Å². The van der Waals surface area contributed by atoms with Crippen LogP contribution in [0.2, 0.25) is 0 Å². The number of carbonyl (C=O) groups excluding carboxylic acids is 1. The van der Waals surface area contributed by atoms with E-state index in [1.165, 1.54) is 29.5 Å². The van der Waals surface area contributed by atoms with Crippen LogP contribution >= 0.6 is 11.3 Å². The number of anilines is 1. The number of piperidine rings is 1. The molecule has 1 fully saturated rings. The second-order valence-electron chi connectivity index (χ2n) is 6.70. The predicted octanol–water partition coefficient (Wildman–Crippen LogP) is 4.11. The number of benzene rings is 2. The summed E-state index contributed by atoms with van der Waals surface area (Å²) in [4.78, 5) is 19.2. The number of amides is 1. The molecule has 0 spiro atoms. The highest BCUT2D eigenvalue weighted by atomic mass is 32.1. The summed E-state index contributed by atoms with van der Waals surface area (Å²) in [6, 6.07) is 11.0. The van der Waals surface area contributed by atoms with Crippen LogP contribution < -0.4 is 10.2 Å². The summed E-state index contributed by atoms with van der Waals surface area (Å²) in [5.41, 5.74) is 1.24. The van der Waals surface area contributed by atoms with Gasteiger partial charge in [-0.2, -0.15) is 0 Å². The number of hydrogen-bond acceptors (Lipinski definition) is 4. The molecule has 0 bridgehead atoms. The molecule has 27 heavy (non-hydrogen) atoms. The smallest absolute Gasteiger partial charge is 0.225 e. The number of aromatic nitrogens is 1. The minimum atomic E-state index is -0.315. The Kier molecular flexibility index (Phi) is 5.03. The number of thiazole rings is 1. The summed E-state index contributed by atoms with van der Waals surface area (Å²) in [5.74, 6) is -0.837. The highest BCUT2D eigenvalue weighted by Gasteiger charge is 2.27. The maximum absolute atomic E-state index is 13.7. The largest absolute Gasteiger partial charge is 0.352 e. The van der Waals surface area contributed by atoms with Gasteiger partial charge in [0.15, 0.2) is 5.13 Å². The molecule has 1 unspecified atom stereocenters. The van der Waals surface area contributed by atoms with Crippen LogP contribution in [0.4, 0.5) is 13.9 Å². The zero-order valence-corrected chi connectivity index (χ0v) is 15.4. The van der Waals surface area contributed by atoms with Gasteiger partial charge in [-0.25, -0.2) is 13.8 Å². The van der Waals surface area contributed by atoms with E-state index in [0.717, 1.165) is 34.7 Å². The molecule has 3 aromatic rings. The fourth-order valence-corrected chi connectivity index (χ4v) is 4.38. The summed E-state index contributed by atoms with van der Waals surface area (Å²) >= 11 is 1.44. The first-order valence-corrected chi connectivity index (χ1v) is 9.74. The van der Waals surface area contributed by atoms with E-state index in [-0.39, 0.29) is 30.0 Å². The van der Waals surface area contributed by atoms with Gasteiger partial charge in [0, 0.05) is 25.2 Å². The van der Waals surface area contributed by atoms with Crippen LogP contribution in [-0.2, 0) is 11.3 Å². The summed E-state index contributed by atoms with van der Waals surface area (Å²) in [6.45, 7) is 1.56. The van der Waals surface area contributed by atoms with E-state index in [9.17, 15) is 13.6 Å². The Bertz CT molecular complexity index is 975. The Labute approximate surface area is 159 Å². The van der Waals surface area contributed by atoms with Gasteiger partial charge in [-0.3, -0.25) is 4.79 Å². The third-order valence-electron chi connectivity index (χ3n) is 4.81. The molecule has 1 aliphatic heterocycles. The van der Waals surface area contributed by atoms with Crippen LogP contribution in [0.3, 0.4) is 0 Å². The Hall–Kier alpha value is -2.54. The van der Waals surface area contributed by atoms with Crippen LogP contribution in [0.5, 0.6) is 0 Å². The van der Waals surface area contributed by atoms with Gasteiger partial charge in [0.25, 0.3) is 0 Å². The van der Waals surface area contributed by atoms with Gasteiger partial charge in [0.2, 0.25) is 5.91 Å². The van der Waals surface area contributed by atoms with Gasteiger partial charge in [0.05, 0.1) is 16.1 Å². The number of nitrogens with one attached hydrogen (secondary N) is 1. The van der Waals surface area contributed by atoms with Gasteiger partial charge in [-0.15, -0.1) is 0 Å². The molecule has 1 saturated heterocycles. The fraction of sp³-hybridized carbons (Fsp3) is 0.300. The highest BCUT2D eigenvalue weighted by molar-refractivity contribution is 7.22. The lowest BCUT2D eigenvalue weighted by molar-refractivity contribution is -0.125. The van der Waals surface area contributed by atoms with Crippen molar-refractivity contribution in [3.63, 3.8) is 0 Å². The minimum absolute atomic E-state index is 0.0740. The molecule has 1 aromatic heterocycles. The summed E-state index contributed by atoms with van der Waals surface area (Å²) in [5, 5.41) is 3.65. The molecule has 1 N–H and O–H groups in total. The second kappa shape index (κ2) is 7.60. The fourth-order valence-electron chi connectivity index (χ4n) is 3.35. The van der Waals surface area contributed by atoms with E-state index in [2.05, 4.69) is 15.2 Å². The lowest BCUT2D eigenvalue weighted by Crippen LogP contribution is -2.43. The maximum atomic E-state index is 13.7. The van der Waals surface area contributed by atoms with E-state index in [0.29, 0.717) is 12.1 Å². The van der Waals surface area contributed by atoms with Crippen molar-refractivity contribution in [2.45, 2.75) is 19.4 Å². The molecular formula is C20H19F2N3OS. The standard InChI is InChI=1S/C20H19F2N3OS/c21-15-7-8-17-18(10-15)27-20(24-17)25-9-3-5-14(12-25)19(26)23-11-13-4-1-2-6-16(13)22/h1-2,4,6-8,10,14H,3,5,9,11-12H2,(H,23,26). The van der Waals surface area contributed by atoms with Gasteiger partial charge in [-0.05, 0) is 37.1 Å². The van der Waals surface area contributed by atoms with Crippen LogP contribution in [0.25, 0.3) is 10.2 Å². The van der Waals surface area contributed by atoms with Crippen molar-refractivity contribution in [2.75, 3.05) is 18.0 Å². The summed E-state index contributed by atoms with van der Waals surface area (Å²) in [6.07, 6.45) is 1.67. The third kappa shape index (κ3) is 3.93. The van der Waals surface area contributed by atoms with Crippen molar-refractivity contribution < 1.29 is 13.6 Å². The first-order valence-electron chi connectivity index (χ1n) is 8.92. The highest BCUT2D eigenvalue weighted by Crippen LogP contribution is 2.32. The molecule has 0 radical (unpaired) electrons. The van der Waals surface area contributed by atoms with E-state index in [1.807, 2.05) is 0 Å². The summed E-state index contributed by atoms with van der Waals surface area (Å²) < 4.78 is 27.9. The van der Waals surface area contributed by atoms with Crippen molar-refractivity contribution >= 4 is 32.6 Å². The maximum Gasteiger partial charge on any atom is 0.225 e. The first kappa shape index (κ1) is 17.9. The number of rotatable bonds is 4. The molecule has 1 aliphatic rings. The summed E-state index contributed by atoms with van der Waals surface area (Å²) in [7, 11) is 0. The Morgan fingerprint density at radius 1 is 1.26 bits per heavy atom. The molecule has 2 heterocycles. The van der Waals surface area contributed by atoms with Gasteiger partial charge in [-0.1, -0.05) is 29.5 Å². The molecule has 1 atom stereocenters. The monoisotopic (exact) mass is 387 g/mol. The molecule has 4 nitrogen and oxygen atoms in total. The van der Waals surface area contributed by atoms with E-state index in [4.69, 9.17) is 0 Å². The predicted molar refractivity (Wildman–Crippen MR) is 103 cm³/mol. The van der Waals surface area contributed by atoms with Crippen LogP contribution in [-0.4, -0.2) is 24.0 Å². The molecule has 140 valence electrons. The van der Waals surface area contributed by atoms with Crippen LogP contribution in [0.15, 0.2) is 42.5 Å². The van der Waals surface area contributed by atoms with Crippen molar-refractivity contribution in [1.29, 1.82) is 0 Å². The quantitative estimate of drug-likeness (QED) is 0.733. The minimum Gasteiger partial charge on any atom is -0.352 e. The lowest BCUT2D eigenvalue weighted by atomic mass is 9.97. The Morgan fingerprint density at radius 3 is 2.96 bits per heavy atom. The number of carbonyl (C=O) groups is 1. The second-order valence-corrected chi connectivity index (χ2v) is 7.71. The third-order valence-corrected chi connectivity index (χ3v) is 5.89. The van der Waals surface area contributed by atoms with E-state index >= 15 is 0 Å². The lowest BCUT2D eigenvalue weighted by Gasteiger charge is -2.31. The van der Waals surface area contributed by atoms with Crippen molar-refractivity contribution in [3.05, 3.63) is 59.7 Å². The van der Waals surface area contributed by atoms with Crippen molar-refractivity contribution in [3.8, 4) is 0 Å². The number of hydrogen-bond donors (Lipinski definition) is 1. The van der Waals surface area contributed by atoms with Crippen LogP contribution in [0, 0.1) is 17.6 Å². The normalized spacial score (nSPS) is 17.3. The Balaban J connectivity index is 1.42. The zero-order chi connectivity index (χ0) is 18.8. The average Bonchev–Trinajstić information content (AvgIpc) is 3.10. The molecule has 1 amide bonds. The van der Waals surface area contributed by atoms with Gasteiger partial charge < -0.3 is 10.2 Å². The topological polar surface area (TPSA) is 45.2 Å². The van der Waals surface area contributed by atoms with Crippen molar-refractivity contribution in [1.82, 2.24) is 10.3 Å². The van der Waals surface area contributed by atoms with Gasteiger partial charge >= 0.3 is 0 Å². The Morgan fingerprint density at radius 2 is 2.11 bits per heavy atom. The number of halogens is 2. The molecule has 4 rings (SSSR count). The first-order chi connectivity index (χ1) is 13.1. The molecule has 0 saturated carbocycles. The molecular weight excluding hydrogens is 368 g/mol.